The van der Waals surface area contributed by atoms with Crippen molar-refractivity contribution in [3.8, 4) is 0 Å². The summed E-state index contributed by atoms with van der Waals surface area (Å²) in [5, 5.41) is 4.62. The smallest absolute Gasteiger partial charge is 0.237 e. The number of nitrogens with two attached hydrogens (primary N) is 1. The number of amides is 1. The topological polar surface area (TPSA) is 68.0 Å². The molecule has 19 heavy (non-hydrogen) atoms. The molecule has 1 aromatic heterocycles. The highest BCUT2D eigenvalue weighted by Gasteiger charge is 2.16. The Balaban J connectivity index is 1.96. The first kappa shape index (κ1) is 13.9. The number of aryl methyl sites for hydroxylation is 1. The molecule has 2 rings (SSSR count). The van der Waals surface area contributed by atoms with E-state index in [4.69, 9.17) is 5.73 Å². The summed E-state index contributed by atoms with van der Waals surface area (Å²) in [6.45, 7) is 3.81. The first-order chi connectivity index (χ1) is 9.04. The van der Waals surface area contributed by atoms with Crippen molar-refractivity contribution in [3.63, 3.8) is 0 Å². The van der Waals surface area contributed by atoms with Gasteiger partial charge in [-0.2, -0.15) is 0 Å². The average molecular weight is 293 g/mol. The van der Waals surface area contributed by atoms with Gasteiger partial charge < -0.3 is 11.1 Å². The van der Waals surface area contributed by atoms with Crippen LogP contribution < -0.4 is 11.1 Å². The normalized spacial score (nSPS) is 12.1. The predicted molar refractivity (Wildman–Crippen MR) is 81.7 cm³/mol. The molecule has 1 amide bonds. The molecule has 0 saturated carbocycles. The van der Waals surface area contributed by atoms with Gasteiger partial charge in [-0.25, -0.2) is 4.98 Å². The third-order valence-corrected chi connectivity index (χ3v) is 4.59. The van der Waals surface area contributed by atoms with Crippen molar-refractivity contribution in [1.82, 2.24) is 4.98 Å². The highest BCUT2D eigenvalue weighted by Crippen LogP contribution is 2.27. The molecule has 2 aromatic rings. The van der Waals surface area contributed by atoms with Crippen molar-refractivity contribution in [1.29, 1.82) is 0 Å². The van der Waals surface area contributed by atoms with E-state index in [-0.39, 0.29) is 11.2 Å². The summed E-state index contributed by atoms with van der Waals surface area (Å²) in [6.07, 6.45) is 0. The van der Waals surface area contributed by atoms with Crippen LogP contribution >= 0.6 is 23.1 Å². The Hall–Kier alpha value is -1.53. The minimum Gasteiger partial charge on any atom is -0.399 e. The van der Waals surface area contributed by atoms with Gasteiger partial charge in [0.25, 0.3) is 0 Å². The van der Waals surface area contributed by atoms with Crippen LogP contribution in [0.1, 0.15) is 12.6 Å². The van der Waals surface area contributed by atoms with Gasteiger partial charge in [0.1, 0.15) is 0 Å². The van der Waals surface area contributed by atoms with Crippen molar-refractivity contribution in [2.45, 2.75) is 23.4 Å². The van der Waals surface area contributed by atoms with Gasteiger partial charge >= 0.3 is 0 Å². The lowest BCUT2D eigenvalue weighted by atomic mass is 10.3. The van der Waals surface area contributed by atoms with Crippen molar-refractivity contribution in [2.75, 3.05) is 11.1 Å². The minimum absolute atomic E-state index is 0.0524. The number of aromatic nitrogens is 1. The van der Waals surface area contributed by atoms with Crippen LogP contribution in [0.25, 0.3) is 0 Å². The van der Waals surface area contributed by atoms with E-state index in [0.29, 0.717) is 11.4 Å². The fraction of sp³-hybridized carbons (Fsp3) is 0.231. The molecule has 0 saturated heterocycles. The van der Waals surface area contributed by atoms with Crippen LogP contribution in [0.3, 0.4) is 0 Å². The Morgan fingerprint density at radius 1 is 1.53 bits per heavy atom. The minimum atomic E-state index is -0.202. The van der Waals surface area contributed by atoms with E-state index in [9.17, 15) is 4.79 Å². The summed E-state index contributed by atoms with van der Waals surface area (Å²) >= 11 is 3.02. The maximum Gasteiger partial charge on any atom is 0.237 e. The Labute approximate surface area is 120 Å². The summed E-state index contributed by atoms with van der Waals surface area (Å²) in [4.78, 5) is 16.4. The molecule has 0 fully saturated rings. The van der Waals surface area contributed by atoms with Crippen LogP contribution in [0, 0.1) is 6.92 Å². The van der Waals surface area contributed by atoms with Gasteiger partial charge in [-0.3, -0.25) is 4.79 Å². The van der Waals surface area contributed by atoms with Gasteiger partial charge in [-0.1, -0.05) is 17.8 Å². The van der Waals surface area contributed by atoms with Gasteiger partial charge in [0.15, 0.2) is 4.34 Å². The number of thioether (sulfide) groups is 1. The highest BCUT2D eigenvalue weighted by molar-refractivity contribution is 8.02. The van der Waals surface area contributed by atoms with E-state index < -0.39 is 0 Å². The van der Waals surface area contributed by atoms with Gasteiger partial charge in [0, 0.05) is 22.4 Å². The number of hydrogen-bond acceptors (Lipinski definition) is 5. The Bertz CT molecular complexity index is 583. The summed E-state index contributed by atoms with van der Waals surface area (Å²) < 4.78 is 0.910. The first-order valence-electron chi connectivity index (χ1n) is 5.80. The molecule has 1 aromatic carbocycles. The number of hydrogen-bond donors (Lipinski definition) is 2. The van der Waals surface area contributed by atoms with Crippen LogP contribution in [-0.2, 0) is 4.79 Å². The fourth-order valence-corrected chi connectivity index (χ4v) is 3.44. The second-order valence-electron chi connectivity index (χ2n) is 4.13. The largest absolute Gasteiger partial charge is 0.399 e. The van der Waals surface area contributed by atoms with E-state index in [1.807, 2.05) is 31.4 Å². The number of thiazole rings is 1. The fourth-order valence-electron chi connectivity index (χ4n) is 1.45. The van der Waals surface area contributed by atoms with Crippen LogP contribution in [0.2, 0.25) is 0 Å². The molecule has 0 aliphatic rings. The molecule has 0 bridgehead atoms. The van der Waals surface area contributed by atoms with Crippen molar-refractivity contribution >= 4 is 40.4 Å². The number of anilines is 2. The van der Waals surface area contributed by atoms with Gasteiger partial charge in [0.2, 0.25) is 5.91 Å². The summed E-state index contributed by atoms with van der Waals surface area (Å²) in [5.74, 6) is -0.0524. The maximum atomic E-state index is 12.0. The molecule has 4 nitrogen and oxygen atoms in total. The van der Waals surface area contributed by atoms with Crippen LogP contribution in [0.15, 0.2) is 34.0 Å². The molecule has 0 aliphatic carbocycles. The Morgan fingerprint density at radius 2 is 2.32 bits per heavy atom. The number of nitrogens with one attached hydrogen (secondary N) is 1. The Morgan fingerprint density at radius 3 is 2.95 bits per heavy atom. The highest BCUT2D eigenvalue weighted by atomic mass is 32.2. The molecule has 100 valence electrons. The molecule has 1 atom stereocenters. The summed E-state index contributed by atoms with van der Waals surface area (Å²) in [7, 11) is 0. The zero-order valence-electron chi connectivity index (χ0n) is 10.7. The predicted octanol–water partition coefficient (Wildman–Crippen LogP) is 3.15. The van der Waals surface area contributed by atoms with Crippen molar-refractivity contribution < 1.29 is 4.79 Å². The number of nitrogen functional groups attached to an aromatic ring is 1. The van der Waals surface area contributed by atoms with Crippen LogP contribution in [0.5, 0.6) is 0 Å². The molecular formula is C13H15N3OS2. The number of nitrogens with zero attached hydrogens (tertiary/aromatic N) is 1. The zero-order chi connectivity index (χ0) is 13.8. The SMILES string of the molecule is Cc1csc(SC(C)C(=O)Nc2cccc(N)c2)n1. The van der Waals surface area contributed by atoms with E-state index >= 15 is 0 Å². The summed E-state index contributed by atoms with van der Waals surface area (Å²) in [5.41, 5.74) is 8.00. The molecule has 1 heterocycles. The molecule has 3 N–H and O–H groups in total. The third-order valence-electron chi connectivity index (χ3n) is 2.40. The first-order valence-corrected chi connectivity index (χ1v) is 7.56. The van der Waals surface area contributed by atoms with Gasteiger partial charge in [-0.15, -0.1) is 11.3 Å². The molecule has 1 unspecified atom stereocenters. The van der Waals surface area contributed by atoms with E-state index in [1.54, 1.807) is 23.5 Å². The number of carbonyl (C=O) groups excluding carboxylic acids is 1. The quantitative estimate of drug-likeness (QED) is 0.671. The van der Waals surface area contributed by atoms with Crippen molar-refractivity contribution in [2.24, 2.45) is 0 Å². The number of carbonyl (C=O) groups is 1. The van der Waals surface area contributed by atoms with E-state index in [0.717, 1.165) is 10.0 Å². The molecule has 0 radical (unpaired) electrons. The molecular weight excluding hydrogens is 278 g/mol. The molecule has 6 heteroatoms. The lowest BCUT2D eigenvalue weighted by Crippen LogP contribution is -2.22. The average Bonchev–Trinajstić information content (AvgIpc) is 2.74. The summed E-state index contributed by atoms with van der Waals surface area (Å²) in [6, 6.07) is 7.15. The van der Waals surface area contributed by atoms with Gasteiger partial charge in [0.05, 0.1) is 5.25 Å². The molecule has 0 aliphatic heterocycles. The van der Waals surface area contributed by atoms with Gasteiger partial charge in [-0.05, 0) is 32.0 Å². The monoisotopic (exact) mass is 293 g/mol. The van der Waals surface area contributed by atoms with Crippen LogP contribution in [0.4, 0.5) is 11.4 Å². The zero-order valence-corrected chi connectivity index (χ0v) is 12.3. The Kier molecular flexibility index (Phi) is 4.44. The van der Waals surface area contributed by atoms with Crippen molar-refractivity contribution in [3.05, 3.63) is 35.3 Å². The number of rotatable bonds is 4. The maximum absolute atomic E-state index is 12.0. The lowest BCUT2D eigenvalue weighted by molar-refractivity contribution is -0.115. The van der Waals surface area contributed by atoms with E-state index in [2.05, 4.69) is 10.3 Å². The van der Waals surface area contributed by atoms with Crippen LogP contribution in [-0.4, -0.2) is 16.1 Å². The standard InChI is InChI=1S/C13H15N3OS2/c1-8-7-18-13(15-8)19-9(2)12(17)16-11-5-3-4-10(14)6-11/h3-7,9H,14H2,1-2H3,(H,16,17). The second-order valence-corrected chi connectivity index (χ2v) is 6.58. The van der Waals surface area contributed by atoms with E-state index in [1.165, 1.54) is 11.8 Å². The second kappa shape index (κ2) is 6.08. The lowest BCUT2D eigenvalue weighted by Gasteiger charge is -2.10. The number of benzene rings is 1. The third kappa shape index (κ3) is 3.97. The molecule has 0 spiro atoms.